The van der Waals surface area contributed by atoms with Crippen LogP contribution in [-0.4, -0.2) is 96.3 Å². The third-order valence-electron chi connectivity index (χ3n) is 9.16. The SMILES string of the molecule is CCC1(CC)CN(CC(=O)N2CCN3c4cc5c(cc4OC[C@@H]3C2)C(=O)N(C2CCC(=O)NC2=O)C5)C1. The smallest absolute Gasteiger partial charge is 0.255 e. The molecule has 0 radical (unpaired) electrons. The largest absolute Gasteiger partial charge is 0.489 e. The van der Waals surface area contributed by atoms with E-state index in [2.05, 4.69) is 29.0 Å². The Morgan fingerprint density at radius 3 is 2.62 bits per heavy atom. The number of piperazine rings is 1. The number of rotatable bonds is 5. The molecule has 10 heteroatoms. The van der Waals surface area contributed by atoms with Crippen molar-refractivity contribution in [2.24, 2.45) is 5.41 Å². The third-order valence-corrected chi connectivity index (χ3v) is 9.16. The minimum absolute atomic E-state index is 0.0633. The highest BCUT2D eigenvalue weighted by atomic mass is 16.5. The van der Waals surface area contributed by atoms with Gasteiger partial charge in [0.25, 0.3) is 5.91 Å². The summed E-state index contributed by atoms with van der Waals surface area (Å²) in [6, 6.07) is 3.23. The summed E-state index contributed by atoms with van der Waals surface area (Å²) in [5.74, 6) is -0.0463. The Morgan fingerprint density at radius 1 is 1.11 bits per heavy atom. The molecule has 0 aromatic heterocycles. The quantitative estimate of drug-likeness (QED) is 0.591. The lowest BCUT2D eigenvalue weighted by Crippen LogP contribution is -2.62. The molecule has 1 unspecified atom stereocenters. The molecule has 37 heavy (non-hydrogen) atoms. The Hall–Kier alpha value is -3.14. The number of piperidine rings is 1. The lowest BCUT2D eigenvalue weighted by molar-refractivity contribution is -0.138. The molecule has 5 heterocycles. The molecule has 5 aliphatic rings. The van der Waals surface area contributed by atoms with Crippen LogP contribution in [0.15, 0.2) is 12.1 Å². The lowest BCUT2D eigenvalue weighted by atomic mass is 9.75. The van der Waals surface area contributed by atoms with Gasteiger partial charge in [0.1, 0.15) is 18.4 Å². The number of carbonyl (C=O) groups excluding carboxylic acids is 4. The van der Waals surface area contributed by atoms with Crippen LogP contribution in [0.25, 0.3) is 0 Å². The van der Waals surface area contributed by atoms with Gasteiger partial charge in [0.05, 0.1) is 18.3 Å². The van der Waals surface area contributed by atoms with E-state index in [1.54, 1.807) is 11.0 Å². The average molecular weight is 510 g/mol. The molecule has 6 rings (SSSR count). The molecule has 198 valence electrons. The van der Waals surface area contributed by atoms with Crippen molar-refractivity contribution in [1.82, 2.24) is 20.0 Å². The van der Waals surface area contributed by atoms with E-state index in [1.165, 1.54) is 0 Å². The second-order valence-corrected chi connectivity index (χ2v) is 11.2. The number of nitrogens with zero attached hydrogens (tertiary/aromatic N) is 4. The monoisotopic (exact) mass is 509 g/mol. The van der Waals surface area contributed by atoms with E-state index in [9.17, 15) is 19.2 Å². The van der Waals surface area contributed by atoms with Gasteiger partial charge in [-0.2, -0.15) is 0 Å². The van der Waals surface area contributed by atoms with Crippen LogP contribution in [-0.2, 0) is 20.9 Å². The molecular weight excluding hydrogens is 474 g/mol. The van der Waals surface area contributed by atoms with E-state index in [0.29, 0.717) is 62.5 Å². The lowest BCUT2D eigenvalue weighted by Gasteiger charge is -2.50. The van der Waals surface area contributed by atoms with E-state index < -0.39 is 11.9 Å². The van der Waals surface area contributed by atoms with Gasteiger partial charge in [-0.25, -0.2) is 0 Å². The standard InChI is InChI=1S/C27H35N5O5/c1-3-27(4-2)15-29(16-27)13-24(34)30-7-8-31-18(12-30)14-37-22-10-19-17(9-21(22)31)11-32(26(19)36)20-5-6-23(33)28-25(20)35/h9-10,18,20H,3-8,11-16H2,1-2H3,(H,28,33,35)/t18-,20?/m0/s1. The number of hydrogen-bond donors (Lipinski definition) is 1. The summed E-state index contributed by atoms with van der Waals surface area (Å²) < 4.78 is 6.10. The van der Waals surface area contributed by atoms with Crippen molar-refractivity contribution in [2.45, 2.75) is 58.2 Å². The van der Waals surface area contributed by atoms with E-state index in [-0.39, 0.29) is 30.2 Å². The molecule has 1 N–H and O–H groups in total. The van der Waals surface area contributed by atoms with E-state index in [4.69, 9.17) is 4.74 Å². The van der Waals surface area contributed by atoms with Crippen molar-refractivity contribution in [3.8, 4) is 5.75 Å². The van der Waals surface area contributed by atoms with Gasteiger partial charge in [-0.05, 0) is 42.4 Å². The molecule has 1 aromatic rings. The van der Waals surface area contributed by atoms with Gasteiger partial charge in [-0.3, -0.25) is 29.4 Å². The predicted octanol–water partition coefficient (Wildman–Crippen LogP) is 0.979. The number of amides is 4. The van der Waals surface area contributed by atoms with Gasteiger partial charge in [-0.15, -0.1) is 0 Å². The van der Waals surface area contributed by atoms with Gasteiger partial charge in [-0.1, -0.05) is 13.8 Å². The topological polar surface area (TPSA) is 102 Å². The molecule has 3 saturated heterocycles. The molecule has 3 fully saturated rings. The highest BCUT2D eigenvalue weighted by molar-refractivity contribution is 6.06. The van der Waals surface area contributed by atoms with Crippen molar-refractivity contribution in [3.05, 3.63) is 23.3 Å². The first-order valence-electron chi connectivity index (χ1n) is 13.5. The maximum Gasteiger partial charge on any atom is 0.255 e. The first-order valence-corrected chi connectivity index (χ1v) is 13.5. The normalized spacial score (nSPS) is 26.6. The molecule has 0 bridgehead atoms. The number of benzene rings is 1. The number of fused-ring (bicyclic) bond motifs is 4. The summed E-state index contributed by atoms with van der Waals surface area (Å²) >= 11 is 0. The van der Waals surface area contributed by atoms with E-state index in [0.717, 1.165) is 37.2 Å². The Balaban J connectivity index is 1.12. The Bertz CT molecular complexity index is 1160. The summed E-state index contributed by atoms with van der Waals surface area (Å²) in [4.78, 5) is 58.2. The Kier molecular flexibility index (Phi) is 5.89. The van der Waals surface area contributed by atoms with Gasteiger partial charge < -0.3 is 19.4 Å². The van der Waals surface area contributed by atoms with Crippen molar-refractivity contribution < 1.29 is 23.9 Å². The third kappa shape index (κ3) is 4.05. The van der Waals surface area contributed by atoms with Gasteiger partial charge in [0.15, 0.2) is 0 Å². The molecule has 1 aromatic carbocycles. The molecule has 5 aliphatic heterocycles. The van der Waals surface area contributed by atoms with Crippen LogP contribution in [0, 0.1) is 5.41 Å². The summed E-state index contributed by atoms with van der Waals surface area (Å²) in [6.45, 7) is 9.76. The molecule has 4 amide bonds. The summed E-state index contributed by atoms with van der Waals surface area (Å²) in [7, 11) is 0. The fraction of sp³-hybridized carbons (Fsp3) is 0.630. The van der Waals surface area contributed by atoms with Gasteiger partial charge in [0.2, 0.25) is 17.7 Å². The number of nitrogens with one attached hydrogen (secondary N) is 1. The molecule has 0 saturated carbocycles. The predicted molar refractivity (Wildman–Crippen MR) is 135 cm³/mol. The fourth-order valence-corrected chi connectivity index (χ4v) is 6.65. The molecular formula is C27H35N5O5. The summed E-state index contributed by atoms with van der Waals surface area (Å²) in [5, 5.41) is 2.35. The van der Waals surface area contributed by atoms with Crippen LogP contribution in [0.3, 0.4) is 0 Å². The minimum atomic E-state index is -0.635. The maximum atomic E-state index is 13.1. The van der Waals surface area contributed by atoms with Gasteiger partial charge in [0, 0.05) is 51.3 Å². The number of hydrogen-bond acceptors (Lipinski definition) is 7. The van der Waals surface area contributed by atoms with Crippen LogP contribution < -0.4 is 15.0 Å². The van der Waals surface area contributed by atoms with Crippen molar-refractivity contribution in [1.29, 1.82) is 0 Å². The van der Waals surface area contributed by atoms with E-state index in [1.807, 2.05) is 11.0 Å². The Morgan fingerprint density at radius 2 is 1.89 bits per heavy atom. The first-order chi connectivity index (χ1) is 17.8. The number of carbonyl (C=O) groups is 4. The van der Waals surface area contributed by atoms with Crippen molar-refractivity contribution in [2.75, 3.05) is 50.8 Å². The zero-order valence-corrected chi connectivity index (χ0v) is 21.6. The van der Waals surface area contributed by atoms with Gasteiger partial charge >= 0.3 is 0 Å². The second-order valence-electron chi connectivity index (χ2n) is 11.2. The minimum Gasteiger partial charge on any atom is -0.489 e. The van der Waals surface area contributed by atoms with Crippen LogP contribution in [0.5, 0.6) is 5.75 Å². The zero-order valence-electron chi connectivity index (χ0n) is 21.6. The zero-order chi connectivity index (χ0) is 25.9. The number of likely N-dealkylation sites (tertiary alicyclic amines) is 1. The Labute approximate surface area is 216 Å². The average Bonchev–Trinajstić information content (AvgIpc) is 3.19. The number of imide groups is 1. The second kappa shape index (κ2) is 9.01. The summed E-state index contributed by atoms with van der Waals surface area (Å²) in [5.41, 5.74) is 2.75. The van der Waals surface area contributed by atoms with Crippen molar-refractivity contribution in [3.63, 3.8) is 0 Å². The molecule has 2 atom stereocenters. The maximum absolute atomic E-state index is 13.1. The van der Waals surface area contributed by atoms with Crippen LogP contribution >= 0.6 is 0 Å². The number of ether oxygens (including phenoxy) is 1. The summed E-state index contributed by atoms with van der Waals surface area (Å²) in [6.07, 6.45) is 2.89. The molecule has 10 nitrogen and oxygen atoms in total. The highest BCUT2D eigenvalue weighted by Gasteiger charge is 2.43. The van der Waals surface area contributed by atoms with Crippen LogP contribution in [0.4, 0.5) is 5.69 Å². The highest BCUT2D eigenvalue weighted by Crippen LogP contribution is 2.41. The van der Waals surface area contributed by atoms with Crippen LogP contribution in [0.2, 0.25) is 0 Å². The molecule has 0 aliphatic carbocycles. The van der Waals surface area contributed by atoms with Crippen LogP contribution in [0.1, 0.15) is 55.5 Å². The van der Waals surface area contributed by atoms with Crippen molar-refractivity contribution >= 4 is 29.3 Å². The van der Waals surface area contributed by atoms with E-state index >= 15 is 0 Å². The fourth-order valence-electron chi connectivity index (χ4n) is 6.65. The molecule has 0 spiro atoms. The number of anilines is 1. The first kappa shape index (κ1) is 24.2.